The molecule has 0 spiro atoms. The number of unbranched alkanes of at least 4 members (excludes halogenated alkanes) is 2. The molecule has 1 nitrogen and oxygen atoms in total. The van der Waals surface area contributed by atoms with Crippen molar-refractivity contribution in [3.63, 3.8) is 0 Å². The largest absolute Gasteiger partial charge is 0.490 e. The Kier molecular flexibility index (Phi) is 8.71. The van der Waals surface area contributed by atoms with E-state index in [2.05, 4.69) is 49.6 Å². The van der Waals surface area contributed by atoms with Crippen LogP contribution in [0.2, 0.25) is 0 Å². The summed E-state index contributed by atoms with van der Waals surface area (Å²) in [7, 11) is 0. The minimum absolute atomic E-state index is 0.527. The second kappa shape index (κ2) is 12.1. The van der Waals surface area contributed by atoms with E-state index < -0.39 is 0 Å². The zero-order valence-corrected chi connectivity index (χ0v) is 20.4. The average molecular weight is 441 g/mol. The van der Waals surface area contributed by atoms with E-state index >= 15 is 0 Å². The number of benzene rings is 2. The van der Waals surface area contributed by atoms with Gasteiger partial charge in [-0.2, -0.15) is 0 Å². The molecule has 0 bridgehead atoms. The molecule has 2 aromatic carbocycles. The van der Waals surface area contributed by atoms with E-state index in [1.807, 2.05) is 24.3 Å². The maximum Gasteiger partial charge on any atom is 0.119 e. The van der Waals surface area contributed by atoms with E-state index in [9.17, 15) is 0 Å². The van der Waals surface area contributed by atoms with Crippen molar-refractivity contribution in [2.24, 2.45) is 17.8 Å². The quantitative estimate of drug-likeness (QED) is 0.227. The summed E-state index contributed by atoms with van der Waals surface area (Å²) >= 11 is 0. The predicted molar refractivity (Wildman–Crippen MR) is 140 cm³/mol. The van der Waals surface area contributed by atoms with E-state index in [4.69, 9.17) is 4.74 Å². The molecule has 174 valence electrons. The third-order valence-electron chi connectivity index (χ3n) is 7.89. The van der Waals surface area contributed by atoms with Gasteiger partial charge in [-0.05, 0) is 97.7 Å². The van der Waals surface area contributed by atoms with Gasteiger partial charge < -0.3 is 4.74 Å². The van der Waals surface area contributed by atoms with Gasteiger partial charge in [0, 0.05) is 11.1 Å². The summed E-state index contributed by atoms with van der Waals surface area (Å²) in [5.41, 5.74) is 3.62. The summed E-state index contributed by atoms with van der Waals surface area (Å²) in [6, 6.07) is 17.0. The van der Waals surface area contributed by atoms with Crippen LogP contribution in [0, 0.1) is 29.6 Å². The molecular weight excluding hydrogens is 400 g/mol. The van der Waals surface area contributed by atoms with Gasteiger partial charge in [-0.3, -0.25) is 0 Å². The molecule has 0 saturated heterocycles. The zero-order valence-electron chi connectivity index (χ0n) is 20.4. The number of rotatable bonds is 8. The lowest BCUT2D eigenvalue weighted by atomic mass is 9.63. The molecule has 4 atom stereocenters. The SMILES string of the molecule is C=CCOc1ccc(C#Cc2ccc(C3CCC4CC(CCCCC)CCC4C3)cc2)cc1. The lowest BCUT2D eigenvalue weighted by Gasteiger charge is -2.42. The Morgan fingerprint density at radius 3 is 2.21 bits per heavy atom. The summed E-state index contributed by atoms with van der Waals surface area (Å²) < 4.78 is 5.54. The second-order valence-corrected chi connectivity index (χ2v) is 10.2. The molecule has 0 heterocycles. The average Bonchev–Trinajstić information content (AvgIpc) is 2.87. The van der Waals surface area contributed by atoms with Crippen LogP contribution in [0.3, 0.4) is 0 Å². The van der Waals surface area contributed by atoms with Crippen molar-refractivity contribution in [2.75, 3.05) is 6.61 Å². The summed E-state index contributed by atoms with van der Waals surface area (Å²) in [6.45, 7) is 6.52. The molecular formula is C32H40O. The van der Waals surface area contributed by atoms with Crippen molar-refractivity contribution in [1.29, 1.82) is 0 Å². The van der Waals surface area contributed by atoms with Gasteiger partial charge in [-0.15, -0.1) is 0 Å². The van der Waals surface area contributed by atoms with Crippen molar-refractivity contribution < 1.29 is 4.74 Å². The minimum Gasteiger partial charge on any atom is -0.490 e. The molecule has 1 heteroatoms. The second-order valence-electron chi connectivity index (χ2n) is 10.2. The monoisotopic (exact) mass is 440 g/mol. The summed E-state index contributed by atoms with van der Waals surface area (Å²) in [5.74, 6) is 11.2. The van der Waals surface area contributed by atoms with Crippen LogP contribution >= 0.6 is 0 Å². The van der Waals surface area contributed by atoms with Crippen LogP contribution in [0.4, 0.5) is 0 Å². The smallest absolute Gasteiger partial charge is 0.119 e. The highest BCUT2D eigenvalue weighted by molar-refractivity contribution is 5.45. The Morgan fingerprint density at radius 1 is 0.848 bits per heavy atom. The first-order valence-electron chi connectivity index (χ1n) is 13.2. The normalized spacial score (nSPS) is 24.3. The summed E-state index contributed by atoms with van der Waals surface area (Å²) in [4.78, 5) is 0. The van der Waals surface area contributed by atoms with E-state index in [0.717, 1.165) is 40.5 Å². The fourth-order valence-electron chi connectivity index (χ4n) is 6.01. The van der Waals surface area contributed by atoms with Gasteiger partial charge in [-0.1, -0.05) is 75.7 Å². The fraction of sp³-hybridized carbons (Fsp3) is 0.500. The lowest BCUT2D eigenvalue weighted by molar-refractivity contribution is 0.113. The summed E-state index contributed by atoms with van der Waals surface area (Å²) in [6.07, 6.45) is 16.1. The number of fused-ring (bicyclic) bond motifs is 1. The third-order valence-corrected chi connectivity index (χ3v) is 7.89. The van der Waals surface area contributed by atoms with Crippen molar-refractivity contribution in [2.45, 2.75) is 77.0 Å². The van der Waals surface area contributed by atoms with Crippen LogP contribution in [-0.4, -0.2) is 6.61 Å². The Hall–Kier alpha value is -2.46. The summed E-state index contributed by atoms with van der Waals surface area (Å²) in [5, 5.41) is 0. The third kappa shape index (κ3) is 6.77. The van der Waals surface area contributed by atoms with Gasteiger partial charge in [-0.25, -0.2) is 0 Å². The predicted octanol–water partition coefficient (Wildman–Crippen LogP) is 8.53. The van der Waals surface area contributed by atoms with E-state index in [1.54, 1.807) is 6.08 Å². The van der Waals surface area contributed by atoms with Crippen molar-refractivity contribution in [3.05, 3.63) is 77.9 Å². The molecule has 4 unspecified atom stereocenters. The number of hydrogen-bond acceptors (Lipinski definition) is 1. The topological polar surface area (TPSA) is 9.23 Å². The molecule has 2 fully saturated rings. The molecule has 0 aliphatic heterocycles. The van der Waals surface area contributed by atoms with Gasteiger partial charge in [0.25, 0.3) is 0 Å². The van der Waals surface area contributed by atoms with Crippen LogP contribution in [0.1, 0.15) is 93.7 Å². The van der Waals surface area contributed by atoms with E-state index in [1.165, 1.54) is 69.8 Å². The van der Waals surface area contributed by atoms with Gasteiger partial charge in [0.1, 0.15) is 12.4 Å². The lowest BCUT2D eigenvalue weighted by Crippen LogP contribution is -2.30. The molecule has 2 saturated carbocycles. The van der Waals surface area contributed by atoms with E-state index in [0.29, 0.717) is 6.61 Å². The molecule has 0 aromatic heterocycles. The van der Waals surface area contributed by atoms with Gasteiger partial charge in [0.05, 0.1) is 0 Å². The maximum atomic E-state index is 5.54. The van der Waals surface area contributed by atoms with Crippen molar-refractivity contribution in [3.8, 4) is 17.6 Å². The molecule has 2 aliphatic carbocycles. The molecule has 2 aromatic rings. The first-order chi connectivity index (χ1) is 16.2. The molecule has 0 N–H and O–H groups in total. The highest BCUT2D eigenvalue weighted by atomic mass is 16.5. The zero-order chi connectivity index (χ0) is 22.9. The Morgan fingerprint density at radius 2 is 1.52 bits per heavy atom. The number of ether oxygens (including phenoxy) is 1. The Bertz CT molecular complexity index is 927. The minimum atomic E-state index is 0.527. The first-order valence-corrected chi connectivity index (χ1v) is 13.2. The van der Waals surface area contributed by atoms with Crippen molar-refractivity contribution >= 4 is 0 Å². The fourth-order valence-corrected chi connectivity index (χ4v) is 6.01. The molecule has 4 rings (SSSR count). The van der Waals surface area contributed by atoms with Gasteiger partial charge >= 0.3 is 0 Å². The van der Waals surface area contributed by atoms with E-state index in [-0.39, 0.29) is 0 Å². The van der Waals surface area contributed by atoms with Gasteiger partial charge in [0.2, 0.25) is 0 Å². The van der Waals surface area contributed by atoms with Crippen LogP contribution in [-0.2, 0) is 0 Å². The Labute approximate surface area is 201 Å². The van der Waals surface area contributed by atoms with Crippen LogP contribution in [0.25, 0.3) is 0 Å². The van der Waals surface area contributed by atoms with Gasteiger partial charge in [0.15, 0.2) is 0 Å². The standard InChI is InChI=1S/C32H40O/c1-3-5-6-7-27-12-17-31-24-30(19-18-29(31)23-27)28-15-10-25(11-16-28)8-9-26-13-20-32(21-14-26)33-22-4-2/h4,10-11,13-16,20-21,27,29-31H,2-3,5-7,12,17-19,22-24H2,1H3. The van der Waals surface area contributed by atoms with Crippen molar-refractivity contribution in [1.82, 2.24) is 0 Å². The van der Waals surface area contributed by atoms with Crippen LogP contribution < -0.4 is 4.74 Å². The molecule has 2 aliphatic rings. The highest BCUT2D eigenvalue weighted by Crippen LogP contribution is 2.48. The Balaban J connectivity index is 1.29. The molecule has 33 heavy (non-hydrogen) atoms. The number of hydrogen-bond donors (Lipinski definition) is 0. The molecule has 0 amide bonds. The highest BCUT2D eigenvalue weighted by Gasteiger charge is 2.35. The maximum absolute atomic E-state index is 5.54. The van der Waals surface area contributed by atoms with Crippen LogP contribution in [0.15, 0.2) is 61.2 Å². The molecule has 0 radical (unpaired) electrons. The van der Waals surface area contributed by atoms with Crippen LogP contribution in [0.5, 0.6) is 5.75 Å². The first kappa shape index (κ1) is 23.7.